The standard InChI is InChI=1S/C38H23NOS/c1-2-11-25(12-3-1)39-32-18-8-6-15-29(32)38-37(39)31-23-24(21-22-35(31)41-38)26-13-4-5-14-27(26)28-17-10-20-34-36(28)30-16-7-9-19-33(30)40-34/h1-23H. The van der Waals surface area contributed by atoms with Crippen molar-refractivity contribution in [2.75, 3.05) is 0 Å². The van der Waals surface area contributed by atoms with Crippen LogP contribution in [0, 0.1) is 0 Å². The lowest BCUT2D eigenvalue weighted by atomic mass is 9.91. The fraction of sp³-hybridized carbons (Fsp3) is 0. The summed E-state index contributed by atoms with van der Waals surface area (Å²) in [6.45, 7) is 0. The minimum Gasteiger partial charge on any atom is -0.456 e. The molecule has 0 bridgehead atoms. The normalized spacial score (nSPS) is 11.9. The number of fused-ring (bicyclic) bond motifs is 8. The zero-order chi connectivity index (χ0) is 26.9. The molecule has 0 aliphatic heterocycles. The lowest BCUT2D eigenvalue weighted by Crippen LogP contribution is -1.93. The van der Waals surface area contributed by atoms with E-state index in [0.717, 1.165) is 16.6 Å². The summed E-state index contributed by atoms with van der Waals surface area (Å²) >= 11 is 1.88. The van der Waals surface area contributed by atoms with Gasteiger partial charge in [-0.25, -0.2) is 0 Å². The van der Waals surface area contributed by atoms with Crippen LogP contribution in [0.4, 0.5) is 0 Å². The van der Waals surface area contributed by atoms with E-state index >= 15 is 0 Å². The molecule has 3 heterocycles. The number of thiophene rings is 1. The van der Waals surface area contributed by atoms with Crippen molar-refractivity contribution in [3.63, 3.8) is 0 Å². The number of rotatable bonds is 3. The number of benzene rings is 6. The first-order chi connectivity index (χ1) is 20.3. The Labute approximate surface area is 240 Å². The fourth-order valence-corrected chi connectivity index (χ4v) is 7.65. The lowest BCUT2D eigenvalue weighted by molar-refractivity contribution is 0.669. The summed E-state index contributed by atoms with van der Waals surface area (Å²) in [6.07, 6.45) is 0. The minimum atomic E-state index is 0.917. The molecule has 0 amide bonds. The Balaban J connectivity index is 1.33. The van der Waals surface area contributed by atoms with Crippen LogP contribution in [-0.4, -0.2) is 4.57 Å². The molecule has 0 radical (unpaired) electrons. The van der Waals surface area contributed by atoms with Gasteiger partial charge in [-0.3, -0.25) is 0 Å². The van der Waals surface area contributed by atoms with Gasteiger partial charge in [0.1, 0.15) is 11.2 Å². The highest BCUT2D eigenvalue weighted by molar-refractivity contribution is 7.26. The molecule has 0 N–H and O–H groups in total. The highest BCUT2D eigenvalue weighted by atomic mass is 32.1. The second-order valence-corrected chi connectivity index (χ2v) is 11.6. The van der Waals surface area contributed by atoms with Gasteiger partial charge in [0.15, 0.2) is 0 Å². The van der Waals surface area contributed by atoms with Crippen molar-refractivity contribution in [2.24, 2.45) is 0 Å². The molecule has 0 spiro atoms. The molecule has 0 atom stereocenters. The molecule has 9 rings (SSSR count). The third-order valence-electron chi connectivity index (χ3n) is 8.22. The number of furan rings is 1. The van der Waals surface area contributed by atoms with Gasteiger partial charge >= 0.3 is 0 Å². The van der Waals surface area contributed by atoms with E-state index in [-0.39, 0.29) is 0 Å². The third-order valence-corrected chi connectivity index (χ3v) is 9.41. The Hall–Kier alpha value is -5.12. The molecule has 0 unspecified atom stereocenters. The maximum Gasteiger partial charge on any atom is 0.136 e. The molecule has 3 heteroatoms. The van der Waals surface area contributed by atoms with Crippen LogP contribution in [0.15, 0.2) is 144 Å². The topological polar surface area (TPSA) is 18.1 Å². The summed E-state index contributed by atoms with van der Waals surface area (Å²) in [5.74, 6) is 0. The van der Waals surface area contributed by atoms with E-state index in [9.17, 15) is 0 Å². The molecule has 2 nitrogen and oxygen atoms in total. The van der Waals surface area contributed by atoms with Crippen molar-refractivity contribution in [1.29, 1.82) is 0 Å². The van der Waals surface area contributed by atoms with E-state index in [1.807, 2.05) is 23.5 Å². The van der Waals surface area contributed by atoms with E-state index in [0.29, 0.717) is 0 Å². The summed E-state index contributed by atoms with van der Waals surface area (Å²) < 4.78 is 11.3. The SMILES string of the molecule is c1ccc(-n2c3ccccc3c3sc4ccc(-c5ccccc5-c5cccc6oc7ccccc7c56)cc4c32)cc1. The van der Waals surface area contributed by atoms with Gasteiger partial charge in [-0.05, 0) is 64.7 Å². The number of hydrogen-bond acceptors (Lipinski definition) is 2. The Kier molecular flexibility index (Phi) is 4.80. The molecule has 0 fully saturated rings. The van der Waals surface area contributed by atoms with Crippen LogP contribution in [0.3, 0.4) is 0 Å². The molecule has 0 aliphatic carbocycles. The molecule has 192 valence electrons. The van der Waals surface area contributed by atoms with Gasteiger partial charge in [-0.15, -0.1) is 11.3 Å². The summed E-state index contributed by atoms with van der Waals surface area (Å²) in [6, 6.07) is 49.9. The largest absolute Gasteiger partial charge is 0.456 e. The van der Waals surface area contributed by atoms with Crippen LogP contribution >= 0.6 is 11.3 Å². The number of nitrogens with zero attached hydrogens (tertiary/aromatic N) is 1. The first-order valence-corrected chi connectivity index (χ1v) is 14.7. The van der Waals surface area contributed by atoms with E-state index in [1.165, 1.54) is 64.5 Å². The van der Waals surface area contributed by atoms with E-state index < -0.39 is 0 Å². The first kappa shape index (κ1) is 22.7. The van der Waals surface area contributed by atoms with Gasteiger partial charge < -0.3 is 8.98 Å². The average Bonchev–Trinajstić information content (AvgIpc) is 3.70. The lowest BCUT2D eigenvalue weighted by Gasteiger charge is -2.12. The summed E-state index contributed by atoms with van der Waals surface area (Å²) in [4.78, 5) is 0. The van der Waals surface area contributed by atoms with Crippen LogP contribution in [0.2, 0.25) is 0 Å². The van der Waals surface area contributed by atoms with Crippen LogP contribution in [0.25, 0.3) is 81.1 Å². The van der Waals surface area contributed by atoms with Gasteiger partial charge in [0.25, 0.3) is 0 Å². The molecule has 0 saturated heterocycles. The van der Waals surface area contributed by atoms with Crippen molar-refractivity contribution >= 4 is 64.5 Å². The second kappa shape index (κ2) is 8.69. The Morgan fingerprint density at radius 1 is 0.512 bits per heavy atom. The highest BCUT2D eigenvalue weighted by Gasteiger charge is 2.19. The summed E-state index contributed by atoms with van der Waals surface area (Å²) in [5, 5.41) is 4.89. The van der Waals surface area contributed by atoms with E-state index in [2.05, 4.69) is 132 Å². The van der Waals surface area contributed by atoms with Gasteiger partial charge in [0.05, 0.1) is 15.7 Å². The van der Waals surface area contributed by atoms with Crippen molar-refractivity contribution < 1.29 is 4.42 Å². The quantitative estimate of drug-likeness (QED) is 0.217. The molecule has 0 saturated carbocycles. The fourth-order valence-electron chi connectivity index (χ4n) is 6.45. The van der Waals surface area contributed by atoms with Crippen LogP contribution in [0.1, 0.15) is 0 Å². The number of aromatic nitrogens is 1. The second-order valence-electron chi connectivity index (χ2n) is 10.5. The number of hydrogen-bond donors (Lipinski definition) is 0. The molecule has 9 aromatic rings. The predicted molar refractivity (Wildman–Crippen MR) is 174 cm³/mol. The van der Waals surface area contributed by atoms with Crippen molar-refractivity contribution in [3.8, 4) is 27.9 Å². The van der Waals surface area contributed by atoms with Crippen molar-refractivity contribution in [3.05, 3.63) is 140 Å². The minimum absolute atomic E-state index is 0.917. The maximum absolute atomic E-state index is 6.24. The predicted octanol–water partition coefficient (Wildman–Crippen LogP) is 11.2. The zero-order valence-electron chi connectivity index (χ0n) is 22.0. The average molecular weight is 542 g/mol. The van der Waals surface area contributed by atoms with Crippen LogP contribution in [-0.2, 0) is 0 Å². The monoisotopic (exact) mass is 541 g/mol. The number of para-hydroxylation sites is 3. The van der Waals surface area contributed by atoms with Gasteiger partial charge in [-0.1, -0.05) is 97.1 Å². The van der Waals surface area contributed by atoms with Crippen molar-refractivity contribution in [1.82, 2.24) is 4.57 Å². The highest BCUT2D eigenvalue weighted by Crippen LogP contribution is 2.45. The first-order valence-electron chi connectivity index (χ1n) is 13.9. The Bertz CT molecular complexity index is 2420. The molecule has 41 heavy (non-hydrogen) atoms. The molecular weight excluding hydrogens is 518 g/mol. The smallest absolute Gasteiger partial charge is 0.136 e. The van der Waals surface area contributed by atoms with Crippen molar-refractivity contribution in [2.45, 2.75) is 0 Å². The maximum atomic E-state index is 6.24. The summed E-state index contributed by atoms with van der Waals surface area (Å²) in [5.41, 5.74) is 10.4. The Morgan fingerprint density at radius 2 is 1.22 bits per heavy atom. The van der Waals surface area contributed by atoms with Gasteiger partial charge in [-0.2, -0.15) is 0 Å². The van der Waals surface area contributed by atoms with Gasteiger partial charge in [0.2, 0.25) is 0 Å². The van der Waals surface area contributed by atoms with E-state index in [4.69, 9.17) is 4.42 Å². The third kappa shape index (κ3) is 3.30. The Morgan fingerprint density at radius 3 is 2.12 bits per heavy atom. The summed E-state index contributed by atoms with van der Waals surface area (Å²) in [7, 11) is 0. The molecule has 6 aromatic carbocycles. The van der Waals surface area contributed by atoms with Gasteiger partial charge in [0, 0.05) is 31.9 Å². The molecular formula is C38H23NOS. The molecule has 0 aliphatic rings. The van der Waals surface area contributed by atoms with Crippen LogP contribution < -0.4 is 0 Å². The van der Waals surface area contributed by atoms with Crippen LogP contribution in [0.5, 0.6) is 0 Å². The molecule has 3 aromatic heterocycles. The zero-order valence-corrected chi connectivity index (χ0v) is 22.9. The van der Waals surface area contributed by atoms with E-state index in [1.54, 1.807) is 0 Å².